The van der Waals surface area contributed by atoms with E-state index in [1.165, 1.54) is 4.88 Å². The molecule has 1 N–H and O–H groups in total. The molecule has 1 aliphatic rings. The van der Waals surface area contributed by atoms with Gasteiger partial charge >= 0.3 is 0 Å². The van der Waals surface area contributed by atoms with Gasteiger partial charge in [0.15, 0.2) is 0 Å². The molecule has 2 rings (SSSR count). The lowest BCUT2D eigenvalue weighted by Gasteiger charge is -2.38. The molecule has 0 spiro atoms. The molecule has 1 saturated heterocycles. The molecule has 0 bridgehead atoms. The van der Waals surface area contributed by atoms with Crippen LogP contribution < -0.4 is 0 Å². The molecule has 0 radical (unpaired) electrons. The molecule has 1 aliphatic heterocycles. The molecular weight excluding hydrogens is 300 g/mol. The maximum Gasteiger partial charge on any atom is 0.0742 e. The van der Waals surface area contributed by atoms with Crippen LogP contribution in [0.15, 0.2) is 15.9 Å². The van der Waals surface area contributed by atoms with E-state index in [0.29, 0.717) is 12.5 Å². The van der Waals surface area contributed by atoms with Crippen LogP contribution >= 0.6 is 27.3 Å². The zero-order valence-electron chi connectivity index (χ0n) is 10.3. The number of thiophene rings is 1. The van der Waals surface area contributed by atoms with Gasteiger partial charge in [-0.25, -0.2) is 0 Å². The second-order valence-corrected chi connectivity index (χ2v) is 7.15. The summed E-state index contributed by atoms with van der Waals surface area (Å²) in [5.41, 5.74) is -0.586. The fourth-order valence-corrected chi connectivity index (χ4v) is 3.88. The van der Waals surface area contributed by atoms with Crippen molar-refractivity contribution < 1.29 is 9.84 Å². The van der Waals surface area contributed by atoms with E-state index in [1.807, 2.05) is 0 Å². The van der Waals surface area contributed by atoms with Gasteiger partial charge in [-0.3, -0.25) is 0 Å². The van der Waals surface area contributed by atoms with Gasteiger partial charge in [-0.2, -0.15) is 0 Å². The highest BCUT2D eigenvalue weighted by atomic mass is 79.9. The van der Waals surface area contributed by atoms with Crippen molar-refractivity contribution in [3.05, 3.63) is 20.8 Å². The summed E-state index contributed by atoms with van der Waals surface area (Å²) in [7, 11) is 0. The predicted molar refractivity (Wildman–Crippen MR) is 74.5 cm³/mol. The van der Waals surface area contributed by atoms with Crippen molar-refractivity contribution in [2.24, 2.45) is 5.92 Å². The molecule has 4 heteroatoms. The van der Waals surface area contributed by atoms with Gasteiger partial charge in [-0.15, -0.1) is 11.3 Å². The van der Waals surface area contributed by atoms with Crippen molar-refractivity contribution in [2.45, 2.75) is 44.8 Å². The first-order valence-corrected chi connectivity index (χ1v) is 7.73. The highest BCUT2D eigenvalue weighted by Gasteiger charge is 2.36. The zero-order valence-corrected chi connectivity index (χ0v) is 12.7. The molecule has 96 valence electrons. The lowest BCUT2D eigenvalue weighted by atomic mass is 9.83. The number of rotatable bonds is 3. The Bertz CT molecular complexity index is 377. The summed E-state index contributed by atoms with van der Waals surface area (Å²) in [5.74, 6) is 0.469. The fraction of sp³-hybridized carbons (Fsp3) is 0.692. The van der Waals surface area contributed by atoms with Crippen LogP contribution in [0.2, 0.25) is 0 Å². The average molecular weight is 319 g/mol. The van der Waals surface area contributed by atoms with E-state index >= 15 is 0 Å². The van der Waals surface area contributed by atoms with Gasteiger partial charge in [0.25, 0.3) is 0 Å². The Labute approximate surface area is 115 Å². The first kappa shape index (κ1) is 13.5. The van der Waals surface area contributed by atoms with Gasteiger partial charge in [0, 0.05) is 34.2 Å². The zero-order chi connectivity index (χ0) is 12.5. The van der Waals surface area contributed by atoms with E-state index in [0.717, 1.165) is 23.7 Å². The predicted octanol–water partition coefficient (Wildman–Crippen LogP) is 3.62. The molecule has 1 fully saturated rings. The van der Waals surface area contributed by atoms with Gasteiger partial charge in [-0.05, 0) is 34.3 Å². The molecule has 0 aliphatic carbocycles. The molecular formula is C13H19BrO2S. The van der Waals surface area contributed by atoms with Crippen LogP contribution in [0.4, 0.5) is 0 Å². The molecule has 0 aromatic carbocycles. The standard InChI is InChI=1S/C13H19BrO2S/c1-9(2)12-7-13(15,3-4-16-12)6-11-5-10(14)8-17-11/h5,8-9,12,15H,3-4,6-7H2,1-2H3. The van der Waals surface area contributed by atoms with Gasteiger partial charge in [0.05, 0.1) is 11.7 Å². The average Bonchev–Trinajstić information content (AvgIpc) is 2.63. The molecule has 2 atom stereocenters. The van der Waals surface area contributed by atoms with E-state index in [1.54, 1.807) is 11.3 Å². The van der Waals surface area contributed by atoms with E-state index in [2.05, 4.69) is 41.2 Å². The maximum atomic E-state index is 10.7. The Morgan fingerprint density at radius 2 is 2.41 bits per heavy atom. The van der Waals surface area contributed by atoms with Crippen LogP contribution in [0.1, 0.15) is 31.6 Å². The minimum absolute atomic E-state index is 0.192. The highest BCUT2D eigenvalue weighted by Crippen LogP contribution is 2.33. The van der Waals surface area contributed by atoms with Gasteiger partial charge in [-0.1, -0.05) is 13.8 Å². The van der Waals surface area contributed by atoms with Crippen molar-refractivity contribution in [1.29, 1.82) is 0 Å². The molecule has 2 heterocycles. The summed E-state index contributed by atoms with van der Waals surface area (Å²) in [6.45, 7) is 4.97. The summed E-state index contributed by atoms with van der Waals surface area (Å²) >= 11 is 5.16. The summed E-state index contributed by atoms with van der Waals surface area (Å²) in [5, 5.41) is 12.7. The van der Waals surface area contributed by atoms with Gasteiger partial charge < -0.3 is 9.84 Å². The highest BCUT2D eigenvalue weighted by molar-refractivity contribution is 9.10. The van der Waals surface area contributed by atoms with Gasteiger partial charge in [0.2, 0.25) is 0 Å². The summed E-state index contributed by atoms with van der Waals surface area (Å²) in [6.07, 6.45) is 2.43. The van der Waals surface area contributed by atoms with Crippen molar-refractivity contribution in [3.63, 3.8) is 0 Å². The maximum absolute atomic E-state index is 10.7. The SMILES string of the molecule is CC(C)C1CC(O)(Cc2cc(Br)cs2)CCO1. The molecule has 1 aromatic heterocycles. The van der Waals surface area contributed by atoms with Crippen LogP contribution in [0, 0.1) is 5.92 Å². The molecule has 2 nitrogen and oxygen atoms in total. The van der Waals surface area contributed by atoms with E-state index in [9.17, 15) is 5.11 Å². The lowest BCUT2D eigenvalue weighted by Crippen LogP contribution is -2.44. The minimum Gasteiger partial charge on any atom is -0.389 e. The third-order valence-electron chi connectivity index (χ3n) is 3.35. The number of halogens is 1. The van der Waals surface area contributed by atoms with Crippen LogP contribution in [-0.2, 0) is 11.2 Å². The van der Waals surface area contributed by atoms with Crippen LogP contribution in [0.25, 0.3) is 0 Å². The number of hydrogen-bond donors (Lipinski definition) is 1. The van der Waals surface area contributed by atoms with Crippen molar-refractivity contribution in [2.75, 3.05) is 6.61 Å². The topological polar surface area (TPSA) is 29.5 Å². The second kappa shape index (κ2) is 5.39. The number of hydrogen-bond acceptors (Lipinski definition) is 3. The normalized spacial score (nSPS) is 29.8. The van der Waals surface area contributed by atoms with Crippen LogP contribution in [0.5, 0.6) is 0 Å². The summed E-state index contributed by atoms with van der Waals surface area (Å²) in [6, 6.07) is 2.10. The first-order valence-electron chi connectivity index (χ1n) is 6.05. The van der Waals surface area contributed by atoms with Gasteiger partial charge in [0.1, 0.15) is 0 Å². The Kier molecular flexibility index (Phi) is 4.29. The molecule has 2 unspecified atom stereocenters. The largest absolute Gasteiger partial charge is 0.389 e. The number of aliphatic hydroxyl groups is 1. The quantitative estimate of drug-likeness (QED) is 0.922. The number of ether oxygens (including phenoxy) is 1. The van der Waals surface area contributed by atoms with Crippen molar-refractivity contribution in [3.8, 4) is 0 Å². The van der Waals surface area contributed by atoms with Crippen LogP contribution in [-0.4, -0.2) is 23.4 Å². The smallest absolute Gasteiger partial charge is 0.0742 e. The van der Waals surface area contributed by atoms with E-state index < -0.39 is 5.60 Å². The first-order chi connectivity index (χ1) is 7.98. The molecule has 0 saturated carbocycles. The third kappa shape index (κ3) is 3.53. The molecule has 17 heavy (non-hydrogen) atoms. The Morgan fingerprint density at radius 1 is 1.65 bits per heavy atom. The van der Waals surface area contributed by atoms with E-state index in [-0.39, 0.29) is 6.10 Å². The van der Waals surface area contributed by atoms with Crippen LogP contribution in [0.3, 0.4) is 0 Å². The Morgan fingerprint density at radius 3 is 3.00 bits per heavy atom. The summed E-state index contributed by atoms with van der Waals surface area (Å²) < 4.78 is 6.82. The van der Waals surface area contributed by atoms with Crippen molar-refractivity contribution >= 4 is 27.3 Å². The molecule has 0 amide bonds. The third-order valence-corrected chi connectivity index (χ3v) is 5.05. The Hall–Kier alpha value is 0.1000. The van der Waals surface area contributed by atoms with E-state index in [4.69, 9.17) is 4.74 Å². The van der Waals surface area contributed by atoms with Crippen molar-refractivity contribution in [1.82, 2.24) is 0 Å². The fourth-order valence-electron chi connectivity index (χ4n) is 2.30. The monoisotopic (exact) mass is 318 g/mol. The lowest BCUT2D eigenvalue weighted by molar-refractivity contribution is -0.116. The molecule has 1 aromatic rings. The minimum atomic E-state index is -0.586. The second-order valence-electron chi connectivity index (χ2n) is 5.24. The Balaban J connectivity index is 2.03. The summed E-state index contributed by atoms with van der Waals surface area (Å²) in [4.78, 5) is 1.24.